The molecule has 0 aliphatic carbocycles. The Morgan fingerprint density at radius 1 is 1.07 bits per heavy atom. The van der Waals surface area contributed by atoms with Gasteiger partial charge in [0.25, 0.3) is 0 Å². The van der Waals surface area contributed by atoms with Crippen LogP contribution >= 0.6 is 0 Å². The number of aryl methyl sites for hydroxylation is 1. The van der Waals surface area contributed by atoms with Crippen LogP contribution in [0.4, 0.5) is 5.69 Å². The first-order valence-corrected chi connectivity index (χ1v) is 9.72. The largest absolute Gasteiger partial charge is 0.372 e. The predicted octanol–water partition coefficient (Wildman–Crippen LogP) is 3.97. The van der Waals surface area contributed by atoms with Crippen LogP contribution in [0.5, 0.6) is 0 Å². The summed E-state index contributed by atoms with van der Waals surface area (Å²) in [6.07, 6.45) is 3.80. The number of anilines is 1. The summed E-state index contributed by atoms with van der Waals surface area (Å²) in [5.41, 5.74) is 4.23. The number of hydrogen-bond donors (Lipinski definition) is 1. The molecule has 6 nitrogen and oxygen atoms in total. The molecule has 6 heteroatoms. The summed E-state index contributed by atoms with van der Waals surface area (Å²) in [6, 6.07) is 16.0. The highest BCUT2D eigenvalue weighted by Crippen LogP contribution is 2.23. The highest BCUT2D eigenvalue weighted by atomic mass is 16.5. The van der Waals surface area contributed by atoms with E-state index < -0.39 is 0 Å². The van der Waals surface area contributed by atoms with Gasteiger partial charge in [-0.1, -0.05) is 29.4 Å². The topological polar surface area (TPSA) is 71.3 Å². The monoisotopic (exact) mass is 376 g/mol. The Hall–Kier alpha value is -3.15. The Bertz CT molecular complexity index is 943. The smallest absolute Gasteiger partial charge is 0.316 e. The van der Waals surface area contributed by atoms with E-state index in [9.17, 15) is 4.79 Å². The fraction of sp³-hybridized carbons (Fsp3) is 0.318. The number of aromatic nitrogens is 2. The Morgan fingerprint density at radius 2 is 1.82 bits per heavy atom. The number of carbonyl (C=O) groups is 1. The molecule has 0 radical (unpaired) electrons. The molecule has 1 amide bonds. The zero-order chi connectivity index (χ0) is 19.3. The standard InChI is InChI=1S/C22H24N4O2/c1-16-7-3-4-8-18(16)15-23-21(27)22-24-20(25-28-22)17-9-11-19(12-10-17)26-13-5-2-6-14-26/h3-4,7-12H,2,5-6,13-15H2,1H3,(H,23,27). The summed E-state index contributed by atoms with van der Waals surface area (Å²) < 4.78 is 5.16. The van der Waals surface area contributed by atoms with E-state index >= 15 is 0 Å². The lowest BCUT2D eigenvalue weighted by Crippen LogP contribution is -2.29. The number of amides is 1. The molecular weight excluding hydrogens is 352 g/mol. The van der Waals surface area contributed by atoms with E-state index in [1.165, 1.54) is 24.9 Å². The highest BCUT2D eigenvalue weighted by molar-refractivity contribution is 5.89. The van der Waals surface area contributed by atoms with E-state index in [0.29, 0.717) is 12.4 Å². The Labute approximate surface area is 164 Å². The fourth-order valence-electron chi connectivity index (χ4n) is 3.47. The van der Waals surface area contributed by atoms with E-state index in [1.807, 2.05) is 43.3 Å². The van der Waals surface area contributed by atoms with Crippen LogP contribution in [0.25, 0.3) is 11.4 Å². The van der Waals surface area contributed by atoms with Crippen molar-refractivity contribution in [2.45, 2.75) is 32.7 Å². The SMILES string of the molecule is Cc1ccccc1CNC(=O)c1nc(-c2ccc(N3CCCCC3)cc2)no1. The Morgan fingerprint density at radius 3 is 2.57 bits per heavy atom. The second-order valence-corrected chi connectivity index (χ2v) is 7.13. The van der Waals surface area contributed by atoms with Gasteiger partial charge in [-0.3, -0.25) is 4.79 Å². The molecule has 4 rings (SSSR count). The van der Waals surface area contributed by atoms with Gasteiger partial charge in [0, 0.05) is 30.9 Å². The van der Waals surface area contributed by atoms with Crippen LogP contribution in [0.3, 0.4) is 0 Å². The number of nitrogens with zero attached hydrogens (tertiary/aromatic N) is 3. The van der Waals surface area contributed by atoms with Gasteiger partial charge in [0.2, 0.25) is 5.82 Å². The molecule has 144 valence electrons. The molecule has 0 spiro atoms. The lowest BCUT2D eigenvalue weighted by molar-refractivity contribution is 0.0907. The number of piperidine rings is 1. The van der Waals surface area contributed by atoms with E-state index in [2.05, 4.69) is 32.5 Å². The van der Waals surface area contributed by atoms with Crippen LogP contribution in [-0.4, -0.2) is 29.1 Å². The maximum absolute atomic E-state index is 12.3. The number of carbonyl (C=O) groups excluding carboxylic acids is 1. The van der Waals surface area contributed by atoms with Crippen LogP contribution in [0.1, 0.15) is 41.1 Å². The number of benzene rings is 2. The van der Waals surface area contributed by atoms with Crippen molar-refractivity contribution >= 4 is 11.6 Å². The van der Waals surface area contributed by atoms with Crippen molar-refractivity contribution in [3.05, 3.63) is 65.5 Å². The van der Waals surface area contributed by atoms with Crippen LogP contribution in [0, 0.1) is 6.92 Å². The molecule has 3 aromatic rings. The van der Waals surface area contributed by atoms with E-state index in [-0.39, 0.29) is 11.8 Å². The van der Waals surface area contributed by atoms with Crippen molar-refractivity contribution in [2.24, 2.45) is 0 Å². The third kappa shape index (κ3) is 4.06. The first-order chi connectivity index (χ1) is 13.7. The van der Waals surface area contributed by atoms with Gasteiger partial charge in [-0.25, -0.2) is 0 Å². The molecule has 1 aromatic heterocycles. The van der Waals surface area contributed by atoms with E-state index in [4.69, 9.17) is 4.52 Å². The molecule has 1 saturated heterocycles. The third-order valence-corrected chi connectivity index (χ3v) is 5.17. The van der Waals surface area contributed by atoms with E-state index in [0.717, 1.165) is 29.8 Å². The number of rotatable bonds is 5. The van der Waals surface area contributed by atoms with Crippen molar-refractivity contribution in [1.29, 1.82) is 0 Å². The lowest BCUT2D eigenvalue weighted by atomic mass is 10.1. The molecule has 0 unspecified atom stereocenters. The molecule has 2 heterocycles. The molecule has 2 aromatic carbocycles. The third-order valence-electron chi connectivity index (χ3n) is 5.17. The number of nitrogens with one attached hydrogen (secondary N) is 1. The average Bonchev–Trinajstić information content (AvgIpc) is 3.24. The van der Waals surface area contributed by atoms with Crippen molar-refractivity contribution < 1.29 is 9.32 Å². The molecule has 1 fully saturated rings. The zero-order valence-electron chi connectivity index (χ0n) is 16.0. The van der Waals surface area contributed by atoms with Gasteiger partial charge in [-0.15, -0.1) is 0 Å². The summed E-state index contributed by atoms with van der Waals surface area (Å²) >= 11 is 0. The second kappa shape index (κ2) is 8.25. The normalized spacial score (nSPS) is 14.1. The Balaban J connectivity index is 1.40. The van der Waals surface area contributed by atoms with E-state index in [1.54, 1.807) is 0 Å². The Kier molecular flexibility index (Phi) is 5.37. The van der Waals surface area contributed by atoms with Gasteiger partial charge in [0.05, 0.1) is 0 Å². The lowest BCUT2D eigenvalue weighted by Gasteiger charge is -2.28. The van der Waals surface area contributed by atoms with Crippen LogP contribution in [0.15, 0.2) is 53.1 Å². The van der Waals surface area contributed by atoms with Gasteiger partial charge >= 0.3 is 11.8 Å². The summed E-state index contributed by atoms with van der Waals surface area (Å²) in [5, 5.41) is 6.79. The second-order valence-electron chi connectivity index (χ2n) is 7.13. The molecule has 1 aliphatic heterocycles. The summed E-state index contributed by atoms with van der Waals surface area (Å²) in [5.74, 6) is 0.0295. The molecule has 0 saturated carbocycles. The first kappa shape index (κ1) is 18.2. The van der Waals surface area contributed by atoms with Crippen LogP contribution < -0.4 is 10.2 Å². The first-order valence-electron chi connectivity index (χ1n) is 9.72. The minimum Gasteiger partial charge on any atom is -0.372 e. The van der Waals surface area contributed by atoms with Gasteiger partial charge in [0.15, 0.2) is 0 Å². The van der Waals surface area contributed by atoms with Crippen molar-refractivity contribution in [2.75, 3.05) is 18.0 Å². The average molecular weight is 376 g/mol. The van der Waals surface area contributed by atoms with Gasteiger partial charge in [0.1, 0.15) is 0 Å². The molecule has 1 N–H and O–H groups in total. The van der Waals surface area contributed by atoms with Crippen LogP contribution in [0.2, 0.25) is 0 Å². The maximum atomic E-state index is 12.3. The zero-order valence-corrected chi connectivity index (χ0v) is 16.0. The minimum atomic E-state index is -0.369. The molecule has 1 aliphatic rings. The quantitative estimate of drug-likeness (QED) is 0.730. The maximum Gasteiger partial charge on any atom is 0.316 e. The highest BCUT2D eigenvalue weighted by Gasteiger charge is 2.17. The van der Waals surface area contributed by atoms with Crippen molar-refractivity contribution in [3.63, 3.8) is 0 Å². The van der Waals surface area contributed by atoms with Gasteiger partial charge in [-0.05, 0) is 61.6 Å². The predicted molar refractivity (Wildman–Crippen MR) is 108 cm³/mol. The minimum absolute atomic E-state index is 0.0244. The van der Waals surface area contributed by atoms with Gasteiger partial charge < -0.3 is 14.7 Å². The molecule has 0 bridgehead atoms. The molecule has 28 heavy (non-hydrogen) atoms. The van der Waals surface area contributed by atoms with Gasteiger partial charge in [-0.2, -0.15) is 4.98 Å². The molecular formula is C22H24N4O2. The van der Waals surface area contributed by atoms with Crippen LogP contribution in [-0.2, 0) is 6.54 Å². The van der Waals surface area contributed by atoms with Crippen molar-refractivity contribution in [1.82, 2.24) is 15.5 Å². The summed E-state index contributed by atoms with van der Waals surface area (Å²) in [4.78, 5) is 19.0. The summed E-state index contributed by atoms with van der Waals surface area (Å²) in [7, 11) is 0. The summed E-state index contributed by atoms with van der Waals surface area (Å²) in [6.45, 7) is 4.65. The number of hydrogen-bond acceptors (Lipinski definition) is 5. The molecule has 0 atom stereocenters. The van der Waals surface area contributed by atoms with Crippen molar-refractivity contribution in [3.8, 4) is 11.4 Å². The fourth-order valence-corrected chi connectivity index (χ4v) is 3.47.